The summed E-state index contributed by atoms with van der Waals surface area (Å²) in [5, 5.41) is 0. The maximum Gasteiger partial charge on any atom is 0.185 e. The number of carbonyl (C=O) groups is 1. The molecular weight excluding hydrogens is 364 g/mol. The number of ketones is 1. The van der Waals surface area contributed by atoms with Crippen molar-refractivity contribution in [3.63, 3.8) is 0 Å². The summed E-state index contributed by atoms with van der Waals surface area (Å²) in [7, 11) is 0. The highest BCUT2D eigenvalue weighted by Crippen LogP contribution is 2.38. The van der Waals surface area contributed by atoms with Gasteiger partial charge in [0.15, 0.2) is 5.78 Å². The number of carbonyl (C=O) groups excluding carboxylic acids is 1. The van der Waals surface area contributed by atoms with Crippen LogP contribution in [0.3, 0.4) is 0 Å². The predicted octanol–water partition coefficient (Wildman–Crippen LogP) is 6.08. The predicted molar refractivity (Wildman–Crippen MR) is 118 cm³/mol. The fraction of sp³-hybridized carbons (Fsp3) is 0.400. The maximum atomic E-state index is 12.7. The van der Waals surface area contributed by atoms with E-state index < -0.39 is 0 Å². The van der Waals surface area contributed by atoms with Crippen LogP contribution in [-0.4, -0.2) is 25.6 Å². The first kappa shape index (κ1) is 22.5. The first-order valence-electron chi connectivity index (χ1n) is 10.2. The summed E-state index contributed by atoms with van der Waals surface area (Å²) in [6.45, 7) is 14.0. The first-order chi connectivity index (χ1) is 13.8. The molecule has 2 aromatic carbocycles. The van der Waals surface area contributed by atoms with Crippen LogP contribution >= 0.6 is 0 Å². The van der Waals surface area contributed by atoms with Gasteiger partial charge in [-0.25, -0.2) is 0 Å². The third-order valence-corrected chi connectivity index (χ3v) is 4.33. The molecule has 4 heteroatoms. The van der Waals surface area contributed by atoms with E-state index >= 15 is 0 Å². The molecule has 156 valence electrons. The van der Waals surface area contributed by atoms with Gasteiger partial charge in [-0.15, -0.1) is 0 Å². The summed E-state index contributed by atoms with van der Waals surface area (Å²) in [4.78, 5) is 12.7. The Morgan fingerprint density at radius 2 is 1.45 bits per heavy atom. The van der Waals surface area contributed by atoms with Crippen LogP contribution in [0, 0.1) is 0 Å². The molecule has 0 amide bonds. The van der Waals surface area contributed by atoms with E-state index in [-0.39, 0.29) is 11.2 Å². The molecule has 0 unspecified atom stereocenters. The number of benzene rings is 2. The maximum absolute atomic E-state index is 12.7. The second kappa shape index (κ2) is 10.1. The highest BCUT2D eigenvalue weighted by atomic mass is 16.5. The normalized spacial score (nSPS) is 11.5. The van der Waals surface area contributed by atoms with Crippen molar-refractivity contribution in [1.29, 1.82) is 0 Å². The summed E-state index contributed by atoms with van der Waals surface area (Å²) in [5.74, 6) is 2.22. The van der Waals surface area contributed by atoms with Crippen molar-refractivity contribution < 1.29 is 19.0 Å². The van der Waals surface area contributed by atoms with Crippen LogP contribution in [0.5, 0.6) is 17.2 Å². The van der Waals surface area contributed by atoms with E-state index in [9.17, 15) is 4.79 Å². The lowest BCUT2D eigenvalue weighted by atomic mass is 9.82. The highest BCUT2D eigenvalue weighted by Gasteiger charge is 2.23. The van der Waals surface area contributed by atoms with Crippen molar-refractivity contribution >= 4 is 11.9 Å². The lowest BCUT2D eigenvalue weighted by Gasteiger charge is -2.26. The minimum atomic E-state index is -0.156. The molecule has 4 nitrogen and oxygen atoms in total. The fourth-order valence-electron chi connectivity index (χ4n) is 3.21. The molecule has 0 radical (unpaired) electrons. The Kier molecular flexibility index (Phi) is 7.89. The quantitative estimate of drug-likeness (QED) is 0.381. The molecule has 0 heterocycles. The van der Waals surface area contributed by atoms with Gasteiger partial charge in [0.25, 0.3) is 0 Å². The van der Waals surface area contributed by atoms with Gasteiger partial charge in [-0.3, -0.25) is 4.79 Å². The second-order valence-electron chi connectivity index (χ2n) is 7.66. The van der Waals surface area contributed by atoms with Gasteiger partial charge < -0.3 is 14.2 Å². The van der Waals surface area contributed by atoms with Gasteiger partial charge in [-0.1, -0.05) is 26.8 Å². The van der Waals surface area contributed by atoms with E-state index in [1.54, 1.807) is 18.2 Å². The molecule has 29 heavy (non-hydrogen) atoms. The van der Waals surface area contributed by atoms with Crippen molar-refractivity contribution in [2.45, 2.75) is 47.0 Å². The zero-order valence-electron chi connectivity index (χ0n) is 18.4. The Bertz CT molecular complexity index is 842. The Balaban J connectivity index is 2.41. The summed E-state index contributed by atoms with van der Waals surface area (Å²) in [6, 6.07) is 11.1. The average Bonchev–Trinajstić information content (AvgIpc) is 2.66. The largest absolute Gasteiger partial charge is 0.494 e. The number of allylic oxidation sites excluding steroid dienone is 1. The minimum absolute atomic E-state index is 0.0623. The number of rotatable bonds is 9. The van der Waals surface area contributed by atoms with Crippen LogP contribution in [0.1, 0.15) is 63.0 Å². The minimum Gasteiger partial charge on any atom is -0.494 e. The van der Waals surface area contributed by atoms with Gasteiger partial charge in [-0.05, 0) is 68.2 Å². The molecule has 0 aliphatic heterocycles. The van der Waals surface area contributed by atoms with Crippen LogP contribution in [0.2, 0.25) is 0 Å². The lowest BCUT2D eigenvalue weighted by molar-refractivity contribution is 0.104. The molecule has 2 rings (SSSR count). The SMILES string of the molecule is CCOc1ccc(C(=O)/C=C/c2cc(OCC)cc(OCC)c2C(C)(C)C)cc1. The van der Waals surface area contributed by atoms with Gasteiger partial charge in [0.1, 0.15) is 17.2 Å². The molecule has 0 spiro atoms. The molecule has 0 bridgehead atoms. The van der Waals surface area contributed by atoms with E-state index in [0.29, 0.717) is 25.4 Å². The van der Waals surface area contributed by atoms with Crippen LogP contribution in [0.4, 0.5) is 0 Å². The summed E-state index contributed by atoms with van der Waals surface area (Å²) < 4.78 is 17.1. The number of hydrogen-bond donors (Lipinski definition) is 0. The smallest absolute Gasteiger partial charge is 0.185 e. The van der Waals surface area contributed by atoms with E-state index in [2.05, 4.69) is 20.8 Å². The van der Waals surface area contributed by atoms with Crippen LogP contribution in [-0.2, 0) is 5.41 Å². The molecule has 0 saturated heterocycles. The zero-order valence-corrected chi connectivity index (χ0v) is 18.4. The molecule has 0 fully saturated rings. The van der Waals surface area contributed by atoms with Crippen LogP contribution in [0.15, 0.2) is 42.5 Å². The van der Waals surface area contributed by atoms with E-state index in [4.69, 9.17) is 14.2 Å². The van der Waals surface area contributed by atoms with E-state index in [1.165, 1.54) is 0 Å². The fourth-order valence-corrected chi connectivity index (χ4v) is 3.21. The topological polar surface area (TPSA) is 44.8 Å². The van der Waals surface area contributed by atoms with Crippen molar-refractivity contribution in [3.05, 3.63) is 59.2 Å². The molecule has 0 aliphatic rings. The third-order valence-electron chi connectivity index (χ3n) is 4.33. The Morgan fingerprint density at radius 3 is 2.00 bits per heavy atom. The van der Waals surface area contributed by atoms with Crippen molar-refractivity contribution in [2.24, 2.45) is 0 Å². The highest BCUT2D eigenvalue weighted by molar-refractivity contribution is 6.07. The molecule has 0 aromatic heterocycles. The molecule has 0 atom stereocenters. The lowest BCUT2D eigenvalue weighted by Crippen LogP contribution is -2.16. The second-order valence-corrected chi connectivity index (χ2v) is 7.66. The average molecular weight is 397 g/mol. The number of ether oxygens (including phenoxy) is 3. The molecular formula is C25H32O4. The van der Waals surface area contributed by atoms with Gasteiger partial charge >= 0.3 is 0 Å². The number of hydrogen-bond acceptors (Lipinski definition) is 4. The summed E-state index contributed by atoms with van der Waals surface area (Å²) in [5.41, 5.74) is 2.44. The summed E-state index contributed by atoms with van der Waals surface area (Å²) in [6.07, 6.45) is 3.45. The third kappa shape index (κ3) is 6.11. The van der Waals surface area contributed by atoms with E-state index in [0.717, 1.165) is 28.4 Å². The molecule has 0 N–H and O–H groups in total. The molecule has 0 saturated carbocycles. The van der Waals surface area contributed by atoms with Crippen molar-refractivity contribution in [1.82, 2.24) is 0 Å². The van der Waals surface area contributed by atoms with Gasteiger partial charge in [0, 0.05) is 17.2 Å². The first-order valence-corrected chi connectivity index (χ1v) is 10.2. The van der Waals surface area contributed by atoms with Crippen molar-refractivity contribution in [2.75, 3.05) is 19.8 Å². The monoisotopic (exact) mass is 396 g/mol. The van der Waals surface area contributed by atoms with E-state index in [1.807, 2.05) is 51.1 Å². The Labute approximate surface area is 174 Å². The zero-order chi connectivity index (χ0) is 21.4. The van der Waals surface area contributed by atoms with Crippen LogP contribution < -0.4 is 14.2 Å². The van der Waals surface area contributed by atoms with Gasteiger partial charge in [0.2, 0.25) is 0 Å². The summed E-state index contributed by atoms with van der Waals surface area (Å²) >= 11 is 0. The van der Waals surface area contributed by atoms with Crippen molar-refractivity contribution in [3.8, 4) is 17.2 Å². The van der Waals surface area contributed by atoms with Crippen LogP contribution in [0.25, 0.3) is 6.08 Å². The molecule has 2 aromatic rings. The Morgan fingerprint density at radius 1 is 0.862 bits per heavy atom. The van der Waals surface area contributed by atoms with Gasteiger partial charge in [0.05, 0.1) is 19.8 Å². The standard InChI is InChI=1S/C25H32O4/c1-7-27-20-13-10-18(11-14-20)22(26)15-12-19-16-21(28-8-2)17-23(29-9-3)24(19)25(4,5)6/h10-17H,7-9H2,1-6H3/b15-12+. The van der Waals surface area contributed by atoms with Gasteiger partial charge in [-0.2, -0.15) is 0 Å². The molecule has 0 aliphatic carbocycles. The Hall–Kier alpha value is -2.75.